The monoisotopic (exact) mass is 402 g/mol. The zero-order valence-electron chi connectivity index (χ0n) is 16.4. The van der Waals surface area contributed by atoms with Crippen molar-refractivity contribution in [3.63, 3.8) is 0 Å². The average Bonchev–Trinajstić information content (AvgIpc) is 2.74. The summed E-state index contributed by atoms with van der Waals surface area (Å²) in [6.07, 6.45) is 5.90. The first-order valence-corrected chi connectivity index (χ1v) is 10.7. The first-order valence-electron chi connectivity index (χ1n) is 10.3. The van der Waals surface area contributed by atoms with Crippen LogP contribution in [0.1, 0.15) is 50.8 Å². The summed E-state index contributed by atoms with van der Waals surface area (Å²) in [5.41, 5.74) is 0.947. The highest BCUT2D eigenvalue weighted by Gasteiger charge is 2.26. The number of benzene rings is 1. The lowest BCUT2D eigenvalue weighted by Gasteiger charge is -2.35. The molecule has 150 valence electrons. The number of nitrogens with zero attached hydrogens (tertiary/aromatic N) is 4. The van der Waals surface area contributed by atoms with Crippen LogP contribution in [0, 0.1) is 0 Å². The number of halogens is 1. The first-order chi connectivity index (χ1) is 13.7. The smallest absolute Gasteiger partial charge is 0.409 e. The molecule has 0 unspecified atom stereocenters. The molecule has 0 radical (unpaired) electrons. The standard InChI is InChI=1S/C21H27ClN4O2/c1-2-28-21(27)26-12-10-25(11-13-26)20-17-14-16(22)8-9-18(17)23-19(24-20)15-6-4-3-5-7-15/h8-9,14-15H,2-7,10-13H2,1H3. The van der Waals surface area contributed by atoms with Crippen molar-refractivity contribution in [1.29, 1.82) is 0 Å². The number of anilines is 1. The fraction of sp³-hybridized carbons (Fsp3) is 0.571. The van der Waals surface area contributed by atoms with Crippen molar-refractivity contribution >= 4 is 34.4 Å². The third kappa shape index (κ3) is 4.02. The van der Waals surface area contributed by atoms with Crippen molar-refractivity contribution in [3.05, 3.63) is 29.0 Å². The van der Waals surface area contributed by atoms with E-state index in [2.05, 4.69) is 4.90 Å². The number of rotatable bonds is 3. The molecule has 1 aromatic heterocycles. The van der Waals surface area contributed by atoms with Gasteiger partial charge in [0.25, 0.3) is 0 Å². The van der Waals surface area contributed by atoms with Crippen molar-refractivity contribution in [2.24, 2.45) is 0 Å². The van der Waals surface area contributed by atoms with E-state index in [4.69, 9.17) is 26.3 Å². The van der Waals surface area contributed by atoms with E-state index in [0.29, 0.717) is 30.6 Å². The van der Waals surface area contributed by atoms with Crippen molar-refractivity contribution in [2.75, 3.05) is 37.7 Å². The van der Waals surface area contributed by atoms with Crippen LogP contribution in [0.25, 0.3) is 10.9 Å². The molecule has 28 heavy (non-hydrogen) atoms. The van der Waals surface area contributed by atoms with E-state index in [1.54, 1.807) is 4.90 Å². The molecule has 4 rings (SSSR count). The highest BCUT2D eigenvalue weighted by Crippen LogP contribution is 2.34. The molecule has 2 fully saturated rings. The molecule has 2 aliphatic rings. The second-order valence-corrected chi connectivity index (χ2v) is 8.01. The van der Waals surface area contributed by atoms with E-state index < -0.39 is 0 Å². The summed E-state index contributed by atoms with van der Waals surface area (Å²) in [5, 5.41) is 1.67. The van der Waals surface area contributed by atoms with Crippen LogP contribution in [0.15, 0.2) is 18.2 Å². The van der Waals surface area contributed by atoms with Gasteiger partial charge in [0.15, 0.2) is 0 Å². The van der Waals surface area contributed by atoms with Gasteiger partial charge >= 0.3 is 6.09 Å². The Morgan fingerprint density at radius 2 is 1.89 bits per heavy atom. The summed E-state index contributed by atoms with van der Waals surface area (Å²) in [7, 11) is 0. The number of hydrogen-bond acceptors (Lipinski definition) is 5. The molecule has 1 amide bonds. The lowest BCUT2D eigenvalue weighted by Crippen LogP contribution is -2.49. The maximum atomic E-state index is 12.0. The largest absolute Gasteiger partial charge is 0.450 e. The molecule has 0 spiro atoms. The molecule has 0 N–H and O–H groups in total. The van der Waals surface area contributed by atoms with Crippen molar-refractivity contribution in [1.82, 2.24) is 14.9 Å². The fourth-order valence-electron chi connectivity index (χ4n) is 4.20. The number of aromatic nitrogens is 2. The molecule has 7 heteroatoms. The number of amides is 1. The van der Waals surface area contributed by atoms with Gasteiger partial charge in [0, 0.05) is 42.5 Å². The molecule has 1 aliphatic carbocycles. The molecular formula is C21H27ClN4O2. The molecule has 2 aromatic rings. The number of hydrogen-bond donors (Lipinski definition) is 0. The summed E-state index contributed by atoms with van der Waals surface area (Å²) in [5.74, 6) is 2.34. The maximum absolute atomic E-state index is 12.0. The van der Waals surface area contributed by atoms with Gasteiger partial charge in [-0.1, -0.05) is 30.9 Å². The van der Waals surface area contributed by atoms with Gasteiger partial charge in [-0.25, -0.2) is 14.8 Å². The Labute approximate surface area is 170 Å². The molecule has 6 nitrogen and oxygen atoms in total. The van der Waals surface area contributed by atoms with Gasteiger partial charge < -0.3 is 14.5 Å². The minimum absolute atomic E-state index is 0.236. The second-order valence-electron chi connectivity index (χ2n) is 7.57. The predicted octanol–water partition coefficient (Wildman–Crippen LogP) is 4.61. The van der Waals surface area contributed by atoms with E-state index in [1.807, 2.05) is 25.1 Å². The Kier molecular flexibility index (Phi) is 5.85. The number of ether oxygens (including phenoxy) is 1. The Bertz CT molecular complexity index is 846. The Hall–Kier alpha value is -2.08. The van der Waals surface area contributed by atoms with Crippen LogP contribution in [0.3, 0.4) is 0 Å². The van der Waals surface area contributed by atoms with Crippen LogP contribution in [-0.4, -0.2) is 53.7 Å². The van der Waals surface area contributed by atoms with E-state index in [1.165, 1.54) is 19.3 Å². The van der Waals surface area contributed by atoms with Crippen molar-refractivity contribution < 1.29 is 9.53 Å². The highest BCUT2D eigenvalue weighted by atomic mass is 35.5. The van der Waals surface area contributed by atoms with Crippen LogP contribution < -0.4 is 4.90 Å². The minimum Gasteiger partial charge on any atom is -0.450 e. The van der Waals surface area contributed by atoms with Crippen molar-refractivity contribution in [2.45, 2.75) is 44.9 Å². The third-order valence-electron chi connectivity index (χ3n) is 5.73. The second kappa shape index (κ2) is 8.52. The lowest BCUT2D eigenvalue weighted by atomic mass is 9.88. The van der Waals surface area contributed by atoms with Gasteiger partial charge in [-0.05, 0) is 38.0 Å². The van der Waals surface area contributed by atoms with Crippen LogP contribution in [0.4, 0.5) is 10.6 Å². The van der Waals surface area contributed by atoms with Crippen LogP contribution in [-0.2, 0) is 4.74 Å². The number of fused-ring (bicyclic) bond motifs is 1. The average molecular weight is 403 g/mol. The molecule has 0 bridgehead atoms. The SMILES string of the molecule is CCOC(=O)N1CCN(c2nc(C3CCCCC3)nc3ccc(Cl)cc23)CC1. The van der Waals surface area contributed by atoms with Gasteiger partial charge in [0.05, 0.1) is 12.1 Å². The third-order valence-corrected chi connectivity index (χ3v) is 5.97. The summed E-state index contributed by atoms with van der Waals surface area (Å²) in [6.45, 7) is 4.94. The zero-order valence-corrected chi connectivity index (χ0v) is 17.1. The van der Waals surface area contributed by atoms with Crippen LogP contribution in [0.2, 0.25) is 5.02 Å². The first kappa shape index (κ1) is 19.2. The van der Waals surface area contributed by atoms with Crippen LogP contribution >= 0.6 is 11.6 Å². The summed E-state index contributed by atoms with van der Waals surface area (Å²) in [6, 6.07) is 5.84. The number of piperazine rings is 1. The van der Waals surface area contributed by atoms with E-state index in [0.717, 1.165) is 48.5 Å². The quantitative estimate of drug-likeness (QED) is 0.750. The summed E-state index contributed by atoms with van der Waals surface area (Å²) >= 11 is 6.27. The van der Waals surface area contributed by atoms with Crippen LogP contribution in [0.5, 0.6) is 0 Å². The van der Waals surface area contributed by atoms with Crippen molar-refractivity contribution in [3.8, 4) is 0 Å². The highest BCUT2D eigenvalue weighted by molar-refractivity contribution is 6.31. The molecule has 1 aromatic carbocycles. The zero-order chi connectivity index (χ0) is 19.5. The number of carbonyl (C=O) groups is 1. The summed E-state index contributed by atoms with van der Waals surface area (Å²) < 4.78 is 5.13. The maximum Gasteiger partial charge on any atom is 0.409 e. The normalized spacial score (nSPS) is 18.5. The predicted molar refractivity (Wildman–Crippen MR) is 111 cm³/mol. The Morgan fingerprint density at radius 3 is 2.61 bits per heavy atom. The lowest BCUT2D eigenvalue weighted by molar-refractivity contribution is 0.105. The van der Waals surface area contributed by atoms with E-state index in [-0.39, 0.29) is 6.09 Å². The molecule has 1 saturated heterocycles. The van der Waals surface area contributed by atoms with Gasteiger partial charge in [-0.2, -0.15) is 0 Å². The van der Waals surface area contributed by atoms with Gasteiger partial charge in [0.1, 0.15) is 11.6 Å². The topological polar surface area (TPSA) is 58.6 Å². The minimum atomic E-state index is -0.236. The Morgan fingerprint density at radius 1 is 1.14 bits per heavy atom. The molecule has 1 aliphatic heterocycles. The molecular weight excluding hydrogens is 376 g/mol. The van der Waals surface area contributed by atoms with E-state index >= 15 is 0 Å². The van der Waals surface area contributed by atoms with Gasteiger partial charge in [0.2, 0.25) is 0 Å². The van der Waals surface area contributed by atoms with Gasteiger partial charge in [-0.15, -0.1) is 0 Å². The van der Waals surface area contributed by atoms with Gasteiger partial charge in [-0.3, -0.25) is 0 Å². The number of carbonyl (C=O) groups excluding carboxylic acids is 1. The van der Waals surface area contributed by atoms with E-state index in [9.17, 15) is 4.79 Å². The molecule has 0 atom stereocenters. The Balaban J connectivity index is 1.63. The summed E-state index contributed by atoms with van der Waals surface area (Å²) in [4.78, 5) is 25.9. The molecule has 2 heterocycles. The fourth-order valence-corrected chi connectivity index (χ4v) is 4.37. The molecule has 1 saturated carbocycles.